The van der Waals surface area contributed by atoms with E-state index in [4.69, 9.17) is 0 Å². The number of amides is 1. The van der Waals surface area contributed by atoms with Gasteiger partial charge in [-0.2, -0.15) is 8.75 Å². The van der Waals surface area contributed by atoms with Crippen molar-refractivity contribution in [2.24, 2.45) is 11.3 Å². The van der Waals surface area contributed by atoms with Gasteiger partial charge in [0.05, 0.1) is 22.1 Å². The Morgan fingerprint density at radius 3 is 2.68 bits per heavy atom. The number of nitrogens with zero attached hydrogens (tertiary/aromatic N) is 4. The van der Waals surface area contributed by atoms with Gasteiger partial charge >= 0.3 is 5.97 Å². The van der Waals surface area contributed by atoms with Crippen LogP contribution < -0.4 is 0 Å². The summed E-state index contributed by atoms with van der Waals surface area (Å²) < 4.78 is 7.87. The van der Waals surface area contributed by atoms with Crippen molar-refractivity contribution in [2.75, 3.05) is 13.1 Å². The Kier molecular flexibility index (Phi) is 4.15. The van der Waals surface area contributed by atoms with E-state index in [1.54, 1.807) is 0 Å². The summed E-state index contributed by atoms with van der Waals surface area (Å²) >= 11 is 0.838. The van der Waals surface area contributed by atoms with Crippen molar-refractivity contribution < 1.29 is 19.6 Å². The van der Waals surface area contributed by atoms with E-state index in [9.17, 15) is 24.8 Å². The number of benzene rings is 1. The van der Waals surface area contributed by atoms with E-state index in [1.165, 1.54) is 17.0 Å². The van der Waals surface area contributed by atoms with Gasteiger partial charge in [0.2, 0.25) is 0 Å². The number of hydrogen-bond donors (Lipinski definition) is 1. The first-order valence-electron chi connectivity index (χ1n) is 7.69. The number of nitro groups is 1. The molecule has 1 unspecified atom stereocenters. The molecule has 2 aromatic rings. The molecular formula is C15H16N4O5S. The number of aromatic nitrogens is 2. The van der Waals surface area contributed by atoms with Crippen LogP contribution in [0.5, 0.6) is 0 Å². The summed E-state index contributed by atoms with van der Waals surface area (Å²) in [7, 11) is 0. The van der Waals surface area contributed by atoms with Crippen LogP contribution >= 0.6 is 11.7 Å². The number of hydrogen-bond acceptors (Lipinski definition) is 7. The SMILES string of the molecule is CC(C)C1(C(=O)O)CCN(C(=O)c2cc([N+](=O)[O-])c3nsnc3c2)C1. The second-order valence-electron chi connectivity index (χ2n) is 6.48. The standard InChI is InChI=1S/C15H16N4O5S/c1-8(2)15(14(21)22)3-4-18(7-15)13(20)9-5-10-12(17-25-16-10)11(6-9)19(23)24/h5-6,8H,3-4,7H2,1-2H3,(H,21,22). The lowest BCUT2D eigenvalue weighted by Gasteiger charge is -2.28. The van der Waals surface area contributed by atoms with E-state index in [-0.39, 0.29) is 34.7 Å². The Morgan fingerprint density at radius 2 is 2.12 bits per heavy atom. The molecule has 25 heavy (non-hydrogen) atoms. The zero-order chi connectivity index (χ0) is 18.4. The maximum atomic E-state index is 12.8. The second-order valence-corrected chi connectivity index (χ2v) is 7.01. The van der Waals surface area contributed by atoms with E-state index in [2.05, 4.69) is 8.75 Å². The molecule has 10 heteroatoms. The Morgan fingerprint density at radius 1 is 1.40 bits per heavy atom. The van der Waals surface area contributed by atoms with Crippen LogP contribution in [0.1, 0.15) is 30.6 Å². The number of carboxylic acids is 1. The summed E-state index contributed by atoms with van der Waals surface area (Å²) in [5.74, 6) is -1.49. The van der Waals surface area contributed by atoms with Crippen molar-refractivity contribution in [3.8, 4) is 0 Å². The van der Waals surface area contributed by atoms with Crippen LogP contribution in [0.25, 0.3) is 11.0 Å². The van der Waals surface area contributed by atoms with E-state index < -0.39 is 22.2 Å². The van der Waals surface area contributed by atoms with Crippen molar-refractivity contribution in [3.63, 3.8) is 0 Å². The lowest BCUT2D eigenvalue weighted by Crippen LogP contribution is -2.40. The lowest BCUT2D eigenvalue weighted by molar-refractivity contribution is -0.383. The average Bonchev–Trinajstić information content (AvgIpc) is 3.20. The topological polar surface area (TPSA) is 127 Å². The number of non-ortho nitro benzene ring substituents is 1. The summed E-state index contributed by atoms with van der Waals surface area (Å²) in [5.41, 5.74) is -0.711. The van der Waals surface area contributed by atoms with Gasteiger partial charge in [0.1, 0.15) is 5.52 Å². The van der Waals surface area contributed by atoms with Gasteiger partial charge in [-0.25, -0.2) is 0 Å². The molecule has 3 rings (SSSR count). The third-order valence-electron chi connectivity index (χ3n) is 4.90. The molecule has 0 spiro atoms. The van der Waals surface area contributed by atoms with Gasteiger partial charge in [-0.15, -0.1) is 0 Å². The minimum Gasteiger partial charge on any atom is -0.481 e. The van der Waals surface area contributed by atoms with Gasteiger partial charge in [-0.05, 0) is 18.4 Å². The number of carbonyl (C=O) groups is 2. The number of carbonyl (C=O) groups excluding carboxylic acids is 1. The highest BCUT2D eigenvalue weighted by atomic mass is 32.1. The van der Waals surface area contributed by atoms with E-state index >= 15 is 0 Å². The maximum Gasteiger partial charge on any atom is 0.311 e. The molecular weight excluding hydrogens is 348 g/mol. The zero-order valence-electron chi connectivity index (χ0n) is 13.6. The van der Waals surface area contributed by atoms with Crippen molar-refractivity contribution in [3.05, 3.63) is 27.8 Å². The van der Waals surface area contributed by atoms with Crippen LogP contribution in [0.15, 0.2) is 12.1 Å². The van der Waals surface area contributed by atoms with Gasteiger partial charge in [0.15, 0.2) is 5.52 Å². The van der Waals surface area contributed by atoms with Crippen molar-refractivity contribution in [1.29, 1.82) is 0 Å². The van der Waals surface area contributed by atoms with Gasteiger partial charge in [0.25, 0.3) is 11.6 Å². The molecule has 1 aliphatic heterocycles. The molecule has 2 heterocycles. The summed E-state index contributed by atoms with van der Waals surface area (Å²) in [6, 6.07) is 2.65. The molecule has 1 N–H and O–H groups in total. The fourth-order valence-electron chi connectivity index (χ4n) is 3.22. The van der Waals surface area contributed by atoms with Crippen molar-refractivity contribution >= 4 is 40.3 Å². The highest BCUT2D eigenvalue weighted by Crippen LogP contribution is 2.39. The maximum absolute atomic E-state index is 12.8. The number of fused-ring (bicyclic) bond motifs is 1. The molecule has 1 aliphatic rings. The van der Waals surface area contributed by atoms with Gasteiger partial charge in [-0.1, -0.05) is 13.8 Å². The Bertz CT molecular complexity index is 880. The number of carboxylic acid groups (broad SMARTS) is 1. The smallest absolute Gasteiger partial charge is 0.311 e. The van der Waals surface area contributed by atoms with Crippen molar-refractivity contribution in [1.82, 2.24) is 13.6 Å². The Labute approximate surface area is 146 Å². The third kappa shape index (κ3) is 2.72. The molecule has 0 saturated carbocycles. The first-order valence-corrected chi connectivity index (χ1v) is 8.42. The van der Waals surface area contributed by atoms with E-state index in [0.717, 1.165) is 11.7 Å². The molecule has 1 atom stereocenters. The molecule has 0 radical (unpaired) electrons. The average molecular weight is 364 g/mol. The predicted octanol–water partition coefficient (Wildman–Crippen LogP) is 2.17. The molecule has 1 aromatic carbocycles. The number of likely N-dealkylation sites (tertiary alicyclic amines) is 1. The Hall–Kier alpha value is -2.62. The monoisotopic (exact) mass is 364 g/mol. The minimum absolute atomic E-state index is 0.0833. The van der Waals surface area contributed by atoms with Crippen molar-refractivity contribution in [2.45, 2.75) is 20.3 Å². The molecule has 1 saturated heterocycles. The van der Waals surface area contributed by atoms with Gasteiger partial charge in [-0.3, -0.25) is 19.7 Å². The number of aliphatic carboxylic acids is 1. The molecule has 0 bridgehead atoms. The van der Waals surface area contributed by atoms with Crippen LogP contribution in [0.2, 0.25) is 0 Å². The molecule has 132 valence electrons. The van der Waals surface area contributed by atoms with Gasteiger partial charge in [0, 0.05) is 24.7 Å². The van der Waals surface area contributed by atoms with E-state index in [1.807, 2.05) is 13.8 Å². The van der Waals surface area contributed by atoms with E-state index in [0.29, 0.717) is 13.0 Å². The van der Waals surface area contributed by atoms with Crippen LogP contribution in [0.3, 0.4) is 0 Å². The number of nitro benzene ring substituents is 1. The summed E-state index contributed by atoms with van der Waals surface area (Å²) in [6.45, 7) is 4.02. The quantitative estimate of drug-likeness (QED) is 0.650. The normalized spacial score (nSPS) is 20.4. The fraction of sp³-hybridized carbons (Fsp3) is 0.467. The first-order chi connectivity index (χ1) is 11.8. The summed E-state index contributed by atoms with van der Waals surface area (Å²) in [6.07, 6.45) is 0.355. The second kappa shape index (κ2) is 6.03. The Balaban J connectivity index is 1.96. The summed E-state index contributed by atoms with van der Waals surface area (Å²) in [4.78, 5) is 36.6. The molecule has 1 aromatic heterocycles. The zero-order valence-corrected chi connectivity index (χ0v) is 14.4. The molecule has 0 aliphatic carbocycles. The highest BCUT2D eigenvalue weighted by Gasteiger charge is 2.48. The summed E-state index contributed by atoms with van der Waals surface area (Å²) in [5, 5.41) is 20.8. The lowest BCUT2D eigenvalue weighted by atomic mass is 9.76. The first kappa shape index (κ1) is 17.2. The molecule has 1 amide bonds. The van der Waals surface area contributed by atoms with Crippen LogP contribution in [-0.4, -0.2) is 48.6 Å². The van der Waals surface area contributed by atoms with Crippen LogP contribution in [-0.2, 0) is 4.79 Å². The van der Waals surface area contributed by atoms with Gasteiger partial charge < -0.3 is 10.0 Å². The molecule has 9 nitrogen and oxygen atoms in total. The fourth-order valence-corrected chi connectivity index (χ4v) is 3.75. The predicted molar refractivity (Wildman–Crippen MR) is 89.5 cm³/mol. The van der Waals surface area contributed by atoms with Crippen LogP contribution in [0, 0.1) is 21.4 Å². The van der Waals surface area contributed by atoms with Crippen LogP contribution in [0.4, 0.5) is 5.69 Å². The molecule has 1 fully saturated rings. The largest absolute Gasteiger partial charge is 0.481 e. The number of rotatable bonds is 4. The third-order valence-corrected chi connectivity index (χ3v) is 5.45. The minimum atomic E-state index is -0.992. The highest BCUT2D eigenvalue weighted by molar-refractivity contribution is 7.00.